The maximum atomic E-state index is 12.3. The minimum atomic E-state index is -0.756. The van der Waals surface area contributed by atoms with Crippen molar-refractivity contribution in [2.75, 3.05) is 19.1 Å². The summed E-state index contributed by atoms with van der Waals surface area (Å²) in [5, 5.41) is 0. The molecule has 0 aliphatic heterocycles. The van der Waals surface area contributed by atoms with Crippen molar-refractivity contribution in [1.29, 1.82) is 0 Å². The summed E-state index contributed by atoms with van der Waals surface area (Å²) in [6.07, 6.45) is 0.420. The molecule has 0 aliphatic carbocycles. The van der Waals surface area contributed by atoms with Crippen LogP contribution in [0.25, 0.3) is 0 Å². The Balaban J connectivity index is 3.04. The van der Waals surface area contributed by atoms with Crippen LogP contribution < -0.4 is 4.90 Å². The number of esters is 1. The molecule has 0 bridgehead atoms. The number of carbonyl (C=O) groups is 2. The average Bonchev–Trinajstić information content (AvgIpc) is 2.41. The van der Waals surface area contributed by atoms with Crippen LogP contribution in [-0.2, 0) is 14.3 Å². The Hall–Kier alpha value is -1.36. The monoisotopic (exact) mass is 327 g/mol. The van der Waals surface area contributed by atoms with Crippen molar-refractivity contribution in [1.82, 2.24) is 0 Å². The molecule has 1 rings (SSSR count). The van der Waals surface area contributed by atoms with E-state index < -0.39 is 11.9 Å². The Morgan fingerprint density at radius 3 is 2.58 bits per heavy atom. The third-order valence-corrected chi connectivity index (χ3v) is 3.55. The molecule has 0 aromatic heterocycles. The van der Waals surface area contributed by atoms with Crippen LogP contribution in [0, 0.1) is 12.8 Å². The highest BCUT2D eigenvalue weighted by Crippen LogP contribution is 2.25. The van der Waals surface area contributed by atoms with Crippen LogP contribution >= 0.6 is 15.9 Å². The largest absolute Gasteiger partial charge is 0.468 e. The molecular weight excluding hydrogens is 310 g/mol. The lowest BCUT2D eigenvalue weighted by atomic mass is 10.0. The van der Waals surface area contributed by atoms with E-state index in [4.69, 9.17) is 0 Å². The van der Waals surface area contributed by atoms with Crippen molar-refractivity contribution in [2.45, 2.75) is 20.3 Å². The van der Waals surface area contributed by atoms with Gasteiger partial charge in [0.05, 0.1) is 7.11 Å². The molecule has 0 aliphatic rings. The average molecular weight is 328 g/mol. The minimum Gasteiger partial charge on any atom is -0.468 e. The molecule has 19 heavy (non-hydrogen) atoms. The van der Waals surface area contributed by atoms with Crippen LogP contribution in [0.4, 0.5) is 5.69 Å². The van der Waals surface area contributed by atoms with Crippen LogP contribution in [0.3, 0.4) is 0 Å². The summed E-state index contributed by atoms with van der Waals surface area (Å²) in [6.45, 7) is 3.71. The highest BCUT2D eigenvalue weighted by atomic mass is 79.9. The molecule has 1 aromatic rings. The van der Waals surface area contributed by atoms with Crippen LogP contribution in [0.1, 0.15) is 18.9 Å². The number of halogens is 1. The van der Waals surface area contributed by atoms with E-state index in [1.807, 2.05) is 25.1 Å². The summed E-state index contributed by atoms with van der Waals surface area (Å²) in [5.41, 5.74) is 1.75. The fraction of sp³-hybridized carbons (Fsp3) is 0.429. The normalized spacial score (nSPS) is 11.8. The molecule has 5 heteroatoms. The maximum absolute atomic E-state index is 12.3. The van der Waals surface area contributed by atoms with Gasteiger partial charge >= 0.3 is 5.97 Å². The molecule has 0 saturated carbocycles. The van der Waals surface area contributed by atoms with E-state index >= 15 is 0 Å². The van der Waals surface area contributed by atoms with Crippen LogP contribution in [0.2, 0.25) is 0 Å². The Labute approximate surface area is 121 Å². The van der Waals surface area contributed by atoms with Crippen molar-refractivity contribution in [3.63, 3.8) is 0 Å². The molecule has 4 nitrogen and oxygen atoms in total. The number of nitrogens with zero attached hydrogens (tertiary/aromatic N) is 1. The second kappa shape index (κ2) is 6.70. The molecule has 0 radical (unpaired) electrons. The fourth-order valence-corrected chi connectivity index (χ4v) is 2.23. The highest BCUT2D eigenvalue weighted by Gasteiger charge is 2.29. The Morgan fingerprint density at radius 1 is 1.42 bits per heavy atom. The Bertz CT molecular complexity index is 488. The Kier molecular flexibility index (Phi) is 5.54. The summed E-state index contributed by atoms with van der Waals surface area (Å²) < 4.78 is 5.56. The van der Waals surface area contributed by atoms with Crippen molar-refractivity contribution >= 4 is 33.5 Å². The lowest BCUT2D eigenvalue weighted by Gasteiger charge is -2.23. The second-order valence-electron chi connectivity index (χ2n) is 4.31. The Morgan fingerprint density at radius 2 is 2.05 bits per heavy atom. The number of ether oxygens (including phenoxy) is 1. The standard InChI is InChI=1S/C14H18BrNO3/c1-5-11(14(18)19-4)13(17)16(3)12-8-10(15)7-6-9(12)2/h6-8,11H,5H2,1-4H3. The first-order chi connectivity index (χ1) is 8.92. The van der Waals surface area contributed by atoms with Crippen molar-refractivity contribution in [3.05, 3.63) is 28.2 Å². The third-order valence-electron chi connectivity index (χ3n) is 3.06. The van der Waals surface area contributed by atoms with Crippen molar-refractivity contribution in [3.8, 4) is 0 Å². The lowest BCUT2D eigenvalue weighted by molar-refractivity contribution is -0.149. The van der Waals surface area contributed by atoms with E-state index in [0.717, 1.165) is 15.7 Å². The first kappa shape index (κ1) is 15.7. The summed E-state index contributed by atoms with van der Waals surface area (Å²) >= 11 is 3.38. The molecule has 1 amide bonds. The number of benzene rings is 1. The predicted molar refractivity (Wildman–Crippen MR) is 78.1 cm³/mol. The van der Waals surface area contributed by atoms with Crippen molar-refractivity contribution in [2.24, 2.45) is 5.92 Å². The van der Waals surface area contributed by atoms with Crippen LogP contribution in [0.15, 0.2) is 22.7 Å². The molecule has 0 N–H and O–H groups in total. The van der Waals surface area contributed by atoms with Crippen LogP contribution in [-0.4, -0.2) is 26.0 Å². The zero-order valence-corrected chi connectivity index (χ0v) is 13.2. The van der Waals surface area contributed by atoms with Gasteiger partial charge in [0.2, 0.25) is 5.91 Å². The first-order valence-corrected chi connectivity index (χ1v) is 6.83. The van der Waals surface area contributed by atoms with Gasteiger partial charge in [0.1, 0.15) is 5.92 Å². The fourth-order valence-electron chi connectivity index (χ4n) is 1.88. The number of carbonyl (C=O) groups excluding carboxylic acids is 2. The quantitative estimate of drug-likeness (QED) is 0.631. The number of methoxy groups -OCH3 is 1. The zero-order valence-electron chi connectivity index (χ0n) is 11.6. The van der Waals surface area contributed by atoms with E-state index in [0.29, 0.717) is 6.42 Å². The molecule has 1 unspecified atom stereocenters. The highest BCUT2D eigenvalue weighted by molar-refractivity contribution is 9.10. The second-order valence-corrected chi connectivity index (χ2v) is 5.23. The van der Waals surface area contributed by atoms with Gasteiger partial charge in [-0.05, 0) is 31.0 Å². The first-order valence-electron chi connectivity index (χ1n) is 6.03. The molecule has 0 spiro atoms. The van der Waals surface area contributed by atoms with E-state index in [2.05, 4.69) is 20.7 Å². The maximum Gasteiger partial charge on any atom is 0.318 e. The van der Waals surface area contributed by atoms with Gasteiger partial charge < -0.3 is 9.64 Å². The van der Waals surface area contributed by atoms with Gasteiger partial charge in [0.15, 0.2) is 0 Å². The third kappa shape index (κ3) is 3.56. The van der Waals surface area contributed by atoms with E-state index in [1.54, 1.807) is 14.0 Å². The summed E-state index contributed by atoms with van der Waals surface area (Å²) in [5.74, 6) is -1.50. The molecule has 0 heterocycles. The lowest BCUT2D eigenvalue weighted by Crippen LogP contribution is -2.37. The molecule has 0 fully saturated rings. The number of hydrogen-bond donors (Lipinski definition) is 0. The molecular formula is C14H18BrNO3. The number of amides is 1. The predicted octanol–water partition coefficient (Wildman–Crippen LogP) is 2.92. The number of aryl methyl sites for hydroxylation is 1. The summed E-state index contributed by atoms with van der Waals surface area (Å²) in [6, 6.07) is 5.69. The van der Waals surface area contributed by atoms with Gasteiger partial charge in [-0.3, -0.25) is 9.59 Å². The zero-order chi connectivity index (χ0) is 14.6. The molecule has 1 aromatic carbocycles. The van der Waals surface area contributed by atoms with Gasteiger partial charge in [0, 0.05) is 17.2 Å². The van der Waals surface area contributed by atoms with Gasteiger partial charge in [-0.15, -0.1) is 0 Å². The smallest absolute Gasteiger partial charge is 0.318 e. The van der Waals surface area contributed by atoms with Gasteiger partial charge in [-0.2, -0.15) is 0 Å². The number of anilines is 1. The van der Waals surface area contributed by atoms with Gasteiger partial charge in [0.25, 0.3) is 0 Å². The van der Waals surface area contributed by atoms with Gasteiger partial charge in [-0.1, -0.05) is 28.9 Å². The van der Waals surface area contributed by atoms with E-state index in [-0.39, 0.29) is 5.91 Å². The van der Waals surface area contributed by atoms with Crippen molar-refractivity contribution < 1.29 is 14.3 Å². The molecule has 0 saturated heterocycles. The number of rotatable bonds is 4. The van der Waals surface area contributed by atoms with Crippen LogP contribution in [0.5, 0.6) is 0 Å². The van der Waals surface area contributed by atoms with Gasteiger partial charge in [-0.25, -0.2) is 0 Å². The molecule has 104 valence electrons. The molecule has 1 atom stereocenters. The van der Waals surface area contributed by atoms with E-state index in [1.165, 1.54) is 12.0 Å². The minimum absolute atomic E-state index is 0.254. The summed E-state index contributed by atoms with van der Waals surface area (Å²) in [4.78, 5) is 25.4. The SMILES string of the molecule is CCC(C(=O)OC)C(=O)N(C)c1cc(Br)ccc1C. The topological polar surface area (TPSA) is 46.6 Å². The summed E-state index contributed by atoms with van der Waals surface area (Å²) in [7, 11) is 2.96. The number of hydrogen-bond acceptors (Lipinski definition) is 3. The van der Waals surface area contributed by atoms with E-state index in [9.17, 15) is 9.59 Å².